The Morgan fingerprint density at radius 3 is 2.82 bits per heavy atom. The highest BCUT2D eigenvalue weighted by atomic mass is 35.5. The molecule has 0 unspecified atom stereocenters. The van der Waals surface area contributed by atoms with Gasteiger partial charge in [0.2, 0.25) is 5.91 Å². The Balaban J connectivity index is 0.00000128. The molecule has 1 saturated carbocycles. The van der Waals surface area contributed by atoms with Crippen molar-refractivity contribution in [3.63, 3.8) is 0 Å². The average molecular weight is 281 g/mol. The van der Waals surface area contributed by atoms with E-state index >= 15 is 0 Å². The third-order valence-corrected chi connectivity index (χ3v) is 2.42. The van der Waals surface area contributed by atoms with E-state index in [2.05, 4.69) is 20.6 Å². The Morgan fingerprint density at radius 1 is 1.47 bits per heavy atom. The largest absolute Gasteiger partial charge is 0.348 e. The zero-order valence-corrected chi connectivity index (χ0v) is 11.1. The Kier molecular flexibility index (Phi) is 7.95. The zero-order chi connectivity index (χ0) is 10.5. The summed E-state index contributed by atoms with van der Waals surface area (Å²) in [6, 6.07) is 0. The first-order valence-electron chi connectivity index (χ1n) is 5.30. The number of imidazole rings is 1. The maximum atomic E-state index is 11.3. The molecule has 5 nitrogen and oxygen atoms in total. The van der Waals surface area contributed by atoms with Gasteiger partial charge >= 0.3 is 0 Å². The van der Waals surface area contributed by atoms with Crippen LogP contribution in [0, 0.1) is 5.92 Å². The smallest absolute Gasteiger partial charge is 0.234 e. The SMILES string of the molecule is Cl.Cl.O=C(CNCC1CC1)NCc1ncc[nH]1. The standard InChI is InChI=1S/C10H16N4O.2ClH/c15-10(7-11-5-8-1-2-8)14-6-9-12-3-4-13-9;;/h3-4,8,11H,1-2,5-7H2,(H,12,13)(H,14,15);2*1H. The number of nitrogens with zero attached hydrogens (tertiary/aromatic N) is 1. The van der Waals surface area contributed by atoms with Gasteiger partial charge in [0.15, 0.2) is 0 Å². The van der Waals surface area contributed by atoms with Crippen molar-refractivity contribution in [2.45, 2.75) is 19.4 Å². The van der Waals surface area contributed by atoms with E-state index in [0.717, 1.165) is 18.3 Å². The lowest BCUT2D eigenvalue weighted by Crippen LogP contribution is -2.34. The summed E-state index contributed by atoms with van der Waals surface area (Å²) < 4.78 is 0. The summed E-state index contributed by atoms with van der Waals surface area (Å²) >= 11 is 0. The first-order valence-corrected chi connectivity index (χ1v) is 5.30. The van der Waals surface area contributed by atoms with Gasteiger partial charge < -0.3 is 15.6 Å². The van der Waals surface area contributed by atoms with E-state index in [1.165, 1.54) is 12.8 Å². The molecule has 0 aliphatic heterocycles. The lowest BCUT2D eigenvalue weighted by Gasteiger charge is -2.04. The molecule has 7 heteroatoms. The number of hydrogen-bond acceptors (Lipinski definition) is 3. The number of halogens is 2. The molecule has 98 valence electrons. The van der Waals surface area contributed by atoms with Crippen molar-refractivity contribution in [3.8, 4) is 0 Å². The van der Waals surface area contributed by atoms with Crippen LogP contribution in [0.1, 0.15) is 18.7 Å². The van der Waals surface area contributed by atoms with Gasteiger partial charge in [-0.3, -0.25) is 4.79 Å². The minimum absolute atomic E-state index is 0. The summed E-state index contributed by atoms with van der Waals surface area (Å²) in [6.07, 6.45) is 6.03. The summed E-state index contributed by atoms with van der Waals surface area (Å²) in [5, 5.41) is 5.92. The van der Waals surface area contributed by atoms with Crippen molar-refractivity contribution >= 4 is 30.7 Å². The lowest BCUT2D eigenvalue weighted by atomic mass is 10.4. The topological polar surface area (TPSA) is 69.8 Å². The predicted octanol–water partition coefficient (Wildman–Crippen LogP) is 0.869. The van der Waals surface area contributed by atoms with Crippen molar-refractivity contribution < 1.29 is 4.79 Å². The van der Waals surface area contributed by atoms with Gasteiger partial charge in [0.25, 0.3) is 0 Å². The van der Waals surface area contributed by atoms with Gasteiger partial charge in [0.05, 0.1) is 13.1 Å². The van der Waals surface area contributed by atoms with Crippen LogP contribution in [0.2, 0.25) is 0 Å². The van der Waals surface area contributed by atoms with Crippen molar-refractivity contribution in [1.82, 2.24) is 20.6 Å². The summed E-state index contributed by atoms with van der Waals surface area (Å²) in [5.41, 5.74) is 0. The van der Waals surface area contributed by atoms with Crippen LogP contribution in [-0.2, 0) is 11.3 Å². The van der Waals surface area contributed by atoms with Gasteiger partial charge in [-0.15, -0.1) is 24.8 Å². The lowest BCUT2D eigenvalue weighted by molar-refractivity contribution is -0.120. The van der Waals surface area contributed by atoms with Crippen LogP contribution >= 0.6 is 24.8 Å². The molecule has 0 saturated heterocycles. The van der Waals surface area contributed by atoms with Gasteiger partial charge in [-0.25, -0.2) is 4.98 Å². The van der Waals surface area contributed by atoms with Crippen LogP contribution in [0.15, 0.2) is 12.4 Å². The summed E-state index contributed by atoms with van der Waals surface area (Å²) in [6.45, 7) is 1.84. The fourth-order valence-electron chi connectivity index (χ4n) is 1.35. The van der Waals surface area contributed by atoms with Gasteiger partial charge in [0.1, 0.15) is 5.82 Å². The Morgan fingerprint density at radius 2 is 2.24 bits per heavy atom. The summed E-state index contributed by atoms with van der Waals surface area (Å²) in [7, 11) is 0. The maximum Gasteiger partial charge on any atom is 0.234 e. The number of H-pyrrole nitrogens is 1. The second kappa shape index (κ2) is 8.33. The Hall–Kier alpha value is -0.780. The quantitative estimate of drug-likeness (QED) is 0.724. The van der Waals surface area contributed by atoms with E-state index in [1.54, 1.807) is 12.4 Å². The number of aromatic amines is 1. The van der Waals surface area contributed by atoms with Crippen LogP contribution in [-0.4, -0.2) is 29.0 Å². The molecule has 0 bridgehead atoms. The Labute approximate surface area is 113 Å². The fourth-order valence-corrected chi connectivity index (χ4v) is 1.35. The molecule has 1 aliphatic carbocycles. The van der Waals surface area contributed by atoms with E-state index in [-0.39, 0.29) is 30.7 Å². The predicted molar refractivity (Wildman–Crippen MR) is 70.5 cm³/mol. The summed E-state index contributed by atoms with van der Waals surface area (Å²) in [5.74, 6) is 1.61. The molecule has 3 N–H and O–H groups in total. The molecule has 0 aromatic carbocycles. The molecule has 1 aromatic rings. The first kappa shape index (κ1) is 16.2. The number of amides is 1. The van der Waals surface area contributed by atoms with Crippen LogP contribution in [0.4, 0.5) is 0 Å². The van der Waals surface area contributed by atoms with Gasteiger partial charge in [0, 0.05) is 12.4 Å². The molecule has 0 atom stereocenters. The van der Waals surface area contributed by atoms with E-state index < -0.39 is 0 Å². The zero-order valence-electron chi connectivity index (χ0n) is 9.44. The monoisotopic (exact) mass is 280 g/mol. The van der Waals surface area contributed by atoms with E-state index in [4.69, 9.17) is 0 Å². The Bertz CT molecular complexity index is 314. The molecule has 0 spiro atoms. The van der Waals surface area contributed by atoms with Crippen LogP contribution in [0.25, 0.3) is 0 Å². The molecular formula is C10H18Cl2N4O. The van der Waals surface area contributed by atoms with Crippen LogP contribution in [0.5, 0.6) is 0 Å². The number of rotatable bonds is 6. The van der Waals surface area contributed by atoms with Crippen LogP contribution < -0.4 is 10.6 Å². The van der Waals surface area contributed by atoms with Crippen molar-refractivity contribution in [2.75, 3.05) is 13.1 Å². The highest BCUT2D eigenvalue weighted by molar-refractivity contribution is 5.85. The number of carbonyl (C=O) groups excluding carboxylic acids is 1. The highest BCUT2D eigenvalue weighted by Crippen LogP contribution is 2.27. The molecule has 1 heterocycles. The first-order chi connectivity index (χ1) is 7.34. The van der Waals surface area contributed by atoms with E-state index in [9.17, 15) is 4.79 Å². The minimum atomic E-state index is 0. The molecule has 0 radical (unpaired) electrons. The highest BCUT2D eigenvalue weighted by Gasteiger charge is 2.20. The number of aromatic nitrogens is 2. The van der Waals surface area contributed by atoms with Gasteiger partial charge in [-0.2, -0.15) is 0 Å². The summed E-state index contributed by atoms with van der Waals surface area (Å²) in [4.78, 5) is 18.3. The van der Waals surface area contributed by atoms with Gasteiger partial charge in [-0.05, 0) is 25.3 Å². The third kappa shape index (κ3) is 6.51. The average Bonchev–Trinajstić information content (AvgIpc) is 2.91. The maximum absolute atomic E-state index is 11.3. The number of hydrogen-bond donors (Lipinski definition) is 3. The molecule has 1 fully saturated rings. The van der Waals surface area contributed by atoms with Gasteiger partial charge in [-0.1, -0.05) is 0 Å². The fraction of sp³-hybridized carbons (Fsp3) is 0.600. The normalized spacial score (nSPS) is 13.4. The molecule has 1 amide bonds. The molecule has 1 aromatic heterocycles. The molecule has 1 aliphatic rings. The van der Waals surface area contributed by atoms with Crippen LogP contribution in [0.3, 0.4) is 0 Å². The molecule has 2 rings (SSSR count). The second-order valence-corrected chi connectivity index (χ2v) is 3.89. The van der Waals surface area contributed by atoms with Crippen molar-refractivity contribution in [1.29, 1.82) is 0 Å². The second-order valence-electron chi connectivity index (χ2n) is 3.89. The number of carbonyl (C=O) groups is 1. The van der Waals surface area contributed by atoms with E-state index in [0.29, 0.717) is 13.1 Å². The van der Waals surface area contributed by atoms with Crippen molar-refractivity contribution in [2.24, 2.45) is 5.92 Å². The van der Waals surface area contributed by atoms with Crippen molar-refractivity contribution in [3.05, 3.63) is 18.2 Å². The number of nitrogens with one attached hydrogen (secondary N) is 3. The minimum Gasteiger partial charge on any atom is -0.348 e. The third-order valence-electron chi connectivity index (χ3n) is 2.42. The van der Waals surface area contributed by atoms with E-state index in [1.807, 2.05) is 0 Å². The molecular weight excluding hydrogens is 263 g/mol. The molecule has 17 heavy (non-hydrogen) atoms.